The Kier molecular flexibility index (Phi) is 13.5. The molecule has 5 heteroatoms. The molecule has 7 rings (SSSR count). The second-order valence-electron chi connectivity index (χ2n) is 17.3. The van der Waals surface area contributed by atoms with Crippen molar-refractivity contribution in [3.63, 3.8) is 0 Å². The van der Waals surface area contributed by atoms with Crippen LogP contribution < -0.4 is 15.1 Å². The summed E-state index contributed by atoms with van der Waals surface area (Å²) in [7, 11) is 0. The number of aryl methyl sites for hydroxylation is 2. The fourth-order valence-corrected chi connectivity index (χ4v) is 8.74. The van der Waals surface area contributed by atoms with Crippen molar-refractivity contribution >= 4 is 45.2 Å². The van der Waals surface area contributed by atoms with Crippen LogP contribution in [0.4, 0.5) is 28.4 Å². The molecule has 2 atom stereocenters. The molecule has 0 saturated heterocycles. The van der Waals surface area contributed by atoms with Crippen molar-refractivity contribution in [1.29, 1.82) is 0 Å². The van der Waals surface area contributed by atoms with Crippen molar-refractivity contribution in [3.05, 3.63) is 167 Å². The summed E-state index contributed by atoms with van der Waals surface area (Å²) < 4.78 is 6.26. The van der Waals surface area contributed by atoms with Gasteiger partial charge in [0.25, 0.3) is 0 Å². The fourth-order valence-electron chi connectivity index (χ4n) is 8.74. The van der Waals surface area contributed by atoms with Crippen molar-refractivity contribution in [2.75, 3.05) is 28.2 Å². The normalized spacial score (nSPS) is 15.4. The van der Waals surface area contributed by atoms with Crippen LogP contribution in [0.1, 0.15) is 107 Å². The molecule has 0 aliphatic heterocycles. The number of hydrogen-bond acceptors (Lipinski definition) is 5. The molecular weight excluding hydrogens is 735 g/mol. The maximum Gasteiger partial charge on any atom is 0.311 e. The van der Waals surface area contributed by atoms with Gasteiger partial charge in [-0.2, -0.15) is 0 Å². The zero-order valence-electron chi connectivity index (χ0n) is 36.9. The largest absolute Gasteiger partial charge is 0.460 e. The van der Waals surface area contributed by atoms with Crippen molar-refractivity contribution < 1.29 is 9.53 Å². The highest BCUT2D eigenvalue weighted by Gasteiger charge is 2.35. The van der Waals surface area contributed by atoms with Gasteiger partial charge in [0, 0.05) is 35.2 Å². The van der Waals surface area contributed by atoms with Gasteiger partial charge < -0.3 is 19.9 Å². The molecule has 0 spiro atoms. The van der Waals surface area contributed by atoms with E-state index in [1.807, 2.05) is 13.8 Å². The molecule has 1 saturated carbocycles. The number of hydrogen-bond donors (Lipinski definition) is 1. The number of benzene rings is 6. The average molecular weight is 799 g/mol. The van der Waals surface area contributed by atoms with E-state index in [9.17, 15) is 4.79 Å². The van der Waals surface area contributed by atoms with Gasteiger partial charge >= 0.3 is 5.97 Å². The Morgan fingerprint density at radius 3 is 1.67 bits per heavy atom. The van der Waals surface area contributed by atoms with Gasteiger partial charge in [0.15, 0.2) is 0 Å². The summed E-state index contributed by atoms with van der Waals surface area (Å²) in [5.74, 6) is 1.09. The monoisotopic (exact) mass is 798 g/mol. The summed E-state index contributed by atoms with van der Waals surface area (Å²) in [6, 6.07) is 49.0. The van der Waals surface area contributed by atoms with Crippen LogP contribution in [0, 0.1) is 25.2 Å². The molecule has 0 amide bonds. The minimum Gasteiger partial charge on any atom is -0.460 e. The molecule has 2 unspecified atom stereocenters. The van der Waals surface area contributed by atoms with Gasteiger partial charge in [0.05, 0.1) is 51.1 Å². The Labute approximate surface area is 359 Å². The summed E-state index contributed by atoms with van der Waals surface area (Å²) in [5.41, 5.74) is 11.5. The number of fused-ring (bicyclic) bond motifs is 1. The van der Waals surface area contributed by atoms with Crippen molar-refractivity contribution in [3.8, 4) is 0 Å². The summed E-state index contributed by atoms with van der Waals surface area (Å²) in [5, 5.41) is 6.24. The Morgan fingerprint density at radius 1 is 0.650 bits per heavy atom. The summed E-state index contributed by atoms with van der Waals surface area (Å²) in [6.07, 6.45) is 6.71. The molecule has 5 nitrogen and oxygen atoms in total. The van der Waals surface area contributed by atoms with E-state index in [2.05, 4.69) is 183 Å². The first-order chi connectivity index (χ1) is 29.1. The molecule has 1 fully saturated rings. The Hall–Kier alpha value is -5.68. The molecule has 0 bridgehead atoms. The van der Waals surface area contributed by atoms with Crippen LogP contribution in [-0.2, 0) is 9.53 Å². The lowest BCUT2D eigenvalue weighted by atomic mass is 9.82. The van der Waals surface area contributed by atoms with Gasteiger partial charge in [0.1, 0.15) is 6.10 Å². The highest BCUT2D eigenvalue weighted by atomic mass is 16.5. The third kappa shape index (κ3) is 9.21. The van der Waals surface area contributed by atoms with Crippen molar-refractivity contribution in [1.82, 2.24) is 0 Å². The van der Waals surface area contributed by atoms with Crippen molar-refractivity contribution in [2.45, 2.75) is 106 Å². The molecule has 1 N–H and O–H groups in total. The molecule has 0 radical (unpaired) electrons. The molecule has 6 aromatic carbocycles. The number of nitrogens with one attached hydrogen (secondary N) is 1. The predicted octanol–water partition coefficient (Wildman–Crippen LogP) is 14.3. The number of nitrogens with zero attached hydrogens (tertiary/aromatic N) is 2. The zero-order chi connectivity index (χ0) is 42.2. The first-order valence-electron chi connectivity index (χ1n) is 22.4. The molecule has 60 heavy (non-hydrogen) atoms. The smallest absolute Gasteiger partial charge is 0.311 e. The number of rotatable bonds is 16. The predicted molar refractivity (Wildman–Crippen MR) is 254 cm³/mol. The van der Waals surface area contributed by atoms with Crippen LogP contribution in [0.3, 0.4) is 0 Å². The van der Waals surface area contributed by atoms with E-state index < -0.39 is 5.41 Å². The molecule has 6 aromatic rings. The van der Waals surface area contributed by atoms with Crippen LogP contribution in [0.25, 0.3) is 10.8 Å². The van der Waals surface area contributed by atoms with E-state index in [0.717, 1.165) is 69.1 Å². The third-order valence-electron chi connectivity index (χ3n) is 12.6. The SMILES string of the molecule is CCCN(c1ccc([C+](c2ccc(N(CCC)c3ccccc3C)cc2)c2ccc(NC3CCCCC3OC(=O)C(C)(C)CC)c3ccccc23)cc1)c1ccccc1C. The standard InChI is InChI=1S/C55H64N3O2/c1-8-37-57(50-24-16-11-19-39(50)4)43-31-27-41(28-32-43)53(42-29-33-44(34-30-42)58(38-9-2)51-25-17-12-20-40(51)5)47-35-36-48(46-22-14-13-21-45(46)47)56-49-23-15-18-26-52(49)60-54(59)55(6,7)10-3/h11-14,16-17,19-22,24-25,27-36,49,52,56H,8-10,15,18,23,26,37-38H2,1-7H3/q+1. The number of para-hydroxylation sites is 2. The highest BCUT2D eigenvalue weighted by Crippen LogP contribution is 2.41. The van der Waals surface area contributed by atoms with Crippen LogP contribution in [0.15, 0.2) is 133 Å². The first-order valence-corrected chi connectivity index (χ1v) is 22.4. The summed E-state index contributed by atoms with van der Waals surface area (Å²) in [6.45, 7) is 16.8. The topological polar surface area (TPSA) is 44.8 Å². The quantitative estimate of drug-likeness (QED) is 0.0600. The molecular formula is C55H64N3O2+. The maximum absolute atomic E-state index is 13.3. The summed E-state index contributed by atoms with van der Waals surface area (Å²) >= 11 is 0. The molecule has 1 aliphatic carbocycles. The number of carbonyl (C=O) groups is 1. The minimum atomic E-state index is -0.497. The zero-order valence-corrected chi connectivity index (χ0v) is 36.9. The van der Waals surface area contributed by atoms with Crippen LogP contribution >= 0.6 is 0 Å². The van der Waals surface area contributed by atoms with E-state index >= 15 is 0 Å². The van der Waals surface area contributed by atoms with E-state index in [-0.39, 0.29) is 18.1 Å². The Morgan fingerprint density at radius 2 is 1.15 bits per heavy atom. The Bertz CT molecular complexity index is 2250. The molecule has 0 aromatic heterocycles. The molecule has 1 aliphatic rings. The number of carbonyl (C=O) groups excluding carboxylic acids is 1. The van der Waals surface area contributed by atoms with Gasteiger partial charge in [0.2, 0.25) is 0 Å². The second-order valence-corrected chi connectivity index (χ2v) is 17.3. The second kappa shape index (κ2) is 19.1. The van der Waals surface area contributed by atoms with Gasteiger partial charge in [-0.1, -0.05) is 75.7 Å². The van der Waals surface area contributed by atoms with E-state index in [1.54, 1.807) is 0 Å². The van der Waals surface area contributed by atoms with Crippen LogP contribution in [0.5, 0.6) is 0 Å². The molecule has 0 heterocycles. The lowest BCUT2D eigenvalue weighted by Gasteiger charge is -2.35. The van der Waals surface area contributed by atoms with Gasteiger partial charge in [-0.15, -0.1) is 0 Å². The fraction of sp³-hybridized carbons (Fsp3) is 0.345. The first kappa shape index (κ1) is 42.4. The molecule has 310 valence electrons. The lowest BCUT2D eigenvalue weighted by Crippen LogP contribution is -2.42. The van der Waals surface area contributed by atoms with E-state index in [1.165, 1.54) is 61.9 Å². The van der Waals surface area contributed by atoms with E-state index in [0.29, 0.717) is 0 Å². The lowest BCUT2D eigenvalue weighted by molar-refractivity contribution is -0.161. The van der Waals surface area contributed by atoms with E-state index in [4.69, 9.17) is 4.74 Å². The Balaban J connectivity index is 1.29. The number of ether oxygens (including phenoxy) is 1. The number of esters is 1. The number of anilines is 5. The highest BCUT2D eigenvalue weighted by molar-refractivity contribution is 5.98. The summed E-state index contributed by atoms with van der Waals surface area (Å²) in [4.78, 5) is 18.1. The van der Waals surface area contributed by atoms with Crippen LogP contribution in [0.2, 0.25) is 0 Å². The van der Waals surface area contributed by atoms with Crippen molar-refractivity contribution in [2.24, 2.45) is 5.41 Å². The van der Waals surface area contributed by atoms with Gasteiger partial charge in [-0.25, -0.2) is 0 Å². The minimum absolute atomic E-state index is 0.0480. The third-order valence-corrected chi connectivity index (χ3v) is 12.6. The average Bonchev–Trinajstić information content (AvgIpc) is 3.27. The van der Waals surface area contributed by atoms with Crippen LogP contribution in [-0.4, -0.2) is 31.2 Å². The van der Waals surface area contributed by atoms with Gasteiger partial charge in [-0.05, 0) is 162 Å². The van der Waals surface area contributed by atoms with Gasteiger partial charge in [-0.3, -0.25) is 4.79 Å². The maximum atomic E-state index is 13.3.